The van der Waals surface area contributed by atoms with Crippen molar-refractivity contribution in [1.29, 1.82) is 0 Å². The van der Waals surface area contributed by atoms with Gasteiger partial charge in [-0.1, -0.05) is 30.3 Å². The molecule has 0 fully saturated rings. The number of nitrogens with zero attached hydrogens (tertiary/aromatic N) is 2. The molecule has 1 aromatic heterocycles. The Bertz CT molecular complexity index is 850. The minimum atomic E-state index is -0.470. The highest BCUT2D eigenvalue weighted by Gasteiger charge is 2.16. The highest BCUT2D eigenvalue weighted by Crippen LogP contribution is 2.31. The van der Waals surface area contributed by atoms with Gasteiger partial charge in [0.05, 0.1) is 24.3 Å². The van der Waals surface area contributed by atoms with E-state index in [1.807, 2.05) is 30.3 Å². The van der Waals surface area contributed by atoms with Crippen LogP contribution in [0.15, 0.2) is 54.7 Å². The summed E-state index contributed by atoms with van der Waals surface area (Å²) in [5.41, 5.74) is 1.25. The lowest BCUT2D eigenvalue weighted by Crippen LogP contribution is -1.97. The zero-order chi connectivity index (χ0) is 16.2. The Hall–Kier alpha value is -3.15. The molecule has 0 saturated carbocycles. The summed E-state index contributed by atoms with van der Waals surface area (Å²) in [6, 6.07) is 14.5. The minimum Gasteiger partial charge on any atom is -0.496 e. The summed E-state index contributed by atoms with van der Waals surface area (Å²) in [4.78, 5) is 14.9. The highest BCUT2D eigenvalue weighted by molar-refractivity contribution is 5.89. The molecule has 0 radical (unpaired) electrons. The molecular weight excluding hydrogens is 296 g/mol. The molecule has 2 aromatic carbocycles. The van der Waals surface area contributed by atoms with Crippen LogP contribution in [0.2, 0.25) is 0 Å². The van der Waals surface area contributed by atoms with Gasteiger partial charge in [-0.05, 0) is 17.7 Å². The van der Waals surface area contributed by atoms with Gasteiger partial charge < -0.3 is 9.47 Å². The molecule has 6 heteroatoms. The van der Waals surface area contributed by atoms with Crippen molar-refractivity contribution in [3.05, 3.63) is 70.4 Å². The van der Waals surface area contributed by atoms with E-state index in [2.05, 4.69) is 4.98 Å². The van der Waals surface area contributed by atoms with Crippen molar-refractivity contribution in [2.45, 2.75) is 6.61 Å². The van der Waals surface area contributed by atoms with E-state index in [0.29, 0.717) is 29.0 Å². The summed E-state index contributed by atoms with van der Waals surface area (Å²) in [5.74, 6) is 0.954. The van der Waals surface area contributed by atoms with E-state index in [4.69, 9.17) is 9.47 Å². The van der Waals surface area contributed by atoms with Crippen LogP contribution in [0, 0.1) is 10.1 Å². The molecule has 0 amide bonds. The van der Waals surface area contributed by atoms with E-state index >= 15 is 0 Å². The molecule has 0 bridgehead atoms. The standard InChI is InChI=1S/C17H14N2O4/c1-22-14-7-13-8-15(23-11-12-5-3-2-4-6-12)10-18-17(13)16(9-14)19(20)21/h2-10H,11H2,1H3. The number of hydrogen-bond donors (Lipinski definition) is 0. The minimum absolute atomic E-state index is 0.0889. The van der Waals surface area contributed by atoms with Gasteiger partial charge in [-0.15, -0.1) is 0 Å². The third-order valence-electron chi connectivity index (χ3n) is 3.39. The summed E-state index contributed by atoms with van der Waals surface area (Å²) in [5, 5.41) is 11.8. The van der Waals surface area contributed by atoms with Crippen LogP contribution < -0.4 is 9.47 Å². The molecule has 6 nitrogen and oxygen atoms in total. The summed E-state index contributed by atoms with van der Waals surface area (Å²) in [7, 11) is 1.47. The monoisotopic (exact) mass is 310 g/mol. The average Bonchev–Trinajstić information content (AvgIpc) is 2.59. The highest BCUT2D eigenvalue weighted by atomic mass is 16.6. The van der Waals surface area contributed by atoms with Crippen LogP contribution in [-0.2, 0) is 6.61 Å². The van der Waals surface area contributed by atoms with Crippen molar-refractivity contribution in [1.82, 2.24) is 4.98 Å². The Kier molecular flexibility index (Phi) is 4.05. The predicted octanol–water partition coefficient (Wildman–Crippen LogP) is 3.73. The van der Waals surface area contributed by atoms with Crippen LogP contribution in [0.3, 0.4) is 0 Å². The number of rotatable bonds is 5. The van der Waals surface area contributed by atoms with E-state index in [-0.39, 0.29) is 5.69 Å². The van der Waals surface area contributed by atoms with Crippen LogP contribution in [0.1, 0.15) is 5.56 Å². The number of benzene rings is 2. The van der Waals surface area contributed by atoms with E-state index in [0.717, 1.165) is 5.56 Å². The lowest BCUT2D eigenvalue weighted by Gasteiger charge is -2.08. The van der Waals surface area contributed by atoms with Crippen LogP contribution in [0.25, 0.3) is 10.9 Å². The molecule has 0 spiro atoms. The van der Waals surface area contributed by atoms with Crippen molar-refractivity contribution in [3.63, 3.8) is 0 Å². The number of aromatic nitrogens is 1. The van der Waals surface area contributed by atoms with E-state index in [9.17, 15) is 10.1 Å². The summed E-state index contributed by atoms with van der Waals surface area (Å²) >= 11 is 0. The van der Waals surface area contributed by atoms with Crippen molar-refractivity contribution in [2.75, 3.05) is 7.11 Å². The molecule has 0 aliphatic carbocycles. The molecule has 0 aliphatic rings. The van der Waals surface area contributed by atoms with Gasteiger partial charge in [0.15, 0.2) is 0 Å². The molecule has 3 rings (SSSR count). The first-order valence-electron chi connectivity index (χ1n) is 6.96. The van der Waals surface area contributed by atoms with E-state index in [1.165, 1.54) is 19.4 Å². The molecular formula is C17H14N2O4. The van der Waals surface area contributed by atoms with Gasteiger partial charge in [0.25, 0.3) is 5.69 Å². The van der Waals surface area contributed by atoms with Gasteiger partial charge in [0, 0.05) is 5.39 Å². The Balaban J connectivity index is 1.93. The molecule has 116 valence electrons. The van der Waals surface area contributed by atoms with Crippen LogP contribution in [0.4, 0.5) is 5.69 Å². The molecule has 1 heterocycles. The number of pyridine rings is 1. The lowest BCUT2D eigenvalue weighted by atomic mass is 10.1. The average molecular weight is 310 g/mol. The Morgan fingerprint density at radius 1 is 1.13 bits per heavy atom. The fraction of sp³-hybridized carbons (Fsp3) is 0.118. The number of nitro benzene ring substituents is 1. The zero-order valence-electron chi connectivity index (χ0n) is 12.4. The molecule has 0 N–H and O–H groups in total. The Labute approximate surface area is 132 Å². The van der Waals surface area contributed by atoms with Crippen LogP contribution in [0.5, 0.6) is 11.5 Å². The summed E-state index contributed by atoms with van der Waals surface area (Å²) in [6.45, 7) is 0.403. The third kappa shape index (κ3) is 3.21. The summed E-state index contributed by atoms with van der Waals surface area (Å²) in [6.07, 6.45) is 1.49. The first-order valence-corrected chi connectivity index (χ1v) is 6.96. The second-order valence-corrected chi connectivity index (χ2v) is 4.92. The molecule has 0 saturated heterocycles. The number of fused-ring (bicyclic) bond motifs is 1. The lowest BCUT2D eigenvalue weighted by molar-refractivity contribution is -0.383. The van der Waals surface area contributed by atoms with Gasteiger partial charge in [-0.2, -0.15) is 0 Å². The topological polar surface area (TPSA) is 74.5 Å². The van der Waals surface area contributed by atoms with Crippen LogP contribution in [-0.4, -0.2) is 17.0 Å². The molecule has 23 heavy (non-hydrogen) atoms. The number of non-ortho nitro benzene ring substituents is 1. The predicted molar refractivity (Wildman–Crippen MR) is 85.7 cm³/mol. The summed E-state index contributed by atoms with van der Waals surface area (Å²) < 4.78 is 10.8. The van der Waals surface area contributed by atoms with Gasteiger partial charge in [0.2, 0.25) is 0 Å². The van der Waals surface area contributed by atoms with Gasteiger partial charge in [-0.25, -0.2) is 4.98 Å². The fourth-order valence-corrected chi connectivity index (χ4v) is 2.26. The fourth-order valence-electron chi connectivity index (χ4n) is 2.26. The van der Waals surface area contributed by atoms with Gasteiger partial charge in [-0.3, -0.25) is 10.1 Å². The van der Waals surface area contributed by atoms with Crippen LogP contribution >= 0.6 is 0 Å². The molecule has 0 unspecified atom stereocenters. The third-order valence-corrected chi connectivity index (χ3v) is 3.39. The number of nitro groups is 1. The van der Waals surface area contributed by atoms with E-state index < -0.39 is 4.92 Å². The Morgan fingerprint density at radius 2 is 1.87 bits per heavy atom. The number of methoxy groups -OCH3 is 1. The smallest absolute Gasteiger partial charge is 0.299 e. The molecule has 0 aliphatic heterocycles. The van der Waals surface area contributed by atoms with Crippen molar-refractivity contribution in [2.24, 2.45) is 0 Å². The van der Waals surface area contributed by atoms with E-state index in [1.54, 1.807) is 12.1 Å². The maximum Gasteiger partial charge on any atom is 0.299 e. The van der Waals surface area contributed by atoms with Crippen molar-refractivity contribution < 1.29 is 14.4 Å². The number of hydrogen-bond acceptors (Lipinski definition) is 5. The Morgan fingerprint density at radius 3 is 2.57 bits per heavy atom. The van der Waals surface area contributed by atoms with Gasteiger partial charge >= 0.3 is 0 Å². The molecule has 0 atom stereocenters. The maximum absolute atomic E-state index is 11.2. The quantitative estimate of drug-likeness (QED) is 0.530. The van der Waals surface area contributed by atoms with Crippen molar-refractivity contribution in [3.8, 4) is 11.5 Å². The normalized spacial score (nSPS) is 10.5. The second-order valence-electron chi connectivity index (χ2n) is 4.92. The maximum atomic E-state index is 11.2. The molecule has 3 aromatic rings. The van der Waals surface area contributed by atoms with Crippen molar-refractivity contribution >= 4 is 16.6 Å². The second kappa shape index (κ2) is 6.31. The zero-order valence-corrected chi connectivity index (χ0v) is 12.4. The largest absolute Gasteiger partial charge is 0.496 e. The first-order chi connectivity index (χ1) is 11.2. The number of ether oxygens (including phenoxy) is 2. The van der Waals surface area contributed by atoms with Gasteiger partial charge in [0.1, 0.15) is 23.6 Å². The SMILES string of the molecule is COc1cc([N+](=O)[O-])c2ncc(OCc3ccccc3)cc2c1. The first kappa shape index (κ1) is 14.8.